The van der Waals surface area contributed by atoms with Crippen molar-refractivity contribution in [2.24, 2.45) is 0 Å². The van der Waals surface area contributed by atoms with Crippen molar-refractivity contribution in [3.8, 4) is 23.3 Å². The van der Waals surface area contributed by atoms with Gasteiger partial charge in [0.05, 0.1) is 14.2 Å². The summed E-state index contributed by atoms with van der Waals surface area (Å²) in [5.74, 6) is 7.49. The standard InChI is InChI=1S/C24H27NO4/c1-24(2,27)12-10-17-6-5-7-18(14-17)23(26)25-13-11-19(16-25)21-15-20(28-3)8-9-22(21)29-4/h5-9,14-15,19,27H,11,13,16H2,1-4H3. The average molecular weight is 393 g/mol. The van der Waals surface area contributed by atoms with Gasteiger partial charge in [-0.2, -0.15) is 0 Å². The summed E-state index contributed by atoms with van der Waals surface area (Å²) in [6, 6.07) is 13.0. The van der Waals surface area contributed by atoms with Crippen molar-refractivity contribution in [1.29, 1.82) is 0 Å². The third-order valence-corrected chi connectivity index (χ3v) is 4.97. The molecule has 0 saturated carbocycles. The lowest BCUT2D eigenvalue weighted by Crippen LogP contribution is -2.28. The first kappa shape index (κ1) is 20.8. The Hall–Kier alpha value is -2.97. The van der Waals surface area contributed by atoms with Crippen molar-refractivity contribution in [3.63, 3.8) is 0 Å². The number of amides is 1. The summed E-state index contributed by atoms with van der Waals surface area (Å²) in [6.07, 6.45) is 0.869. The zero-order valence-corrected chi connectivity index (χ0v) is 17.4. The first-order valence-corrected chi connectivity index (χ1v) is 9.67. The van der Waals surface area contributed by atoms with Gasteiger partial charge in [0.15, 0.2) is 0 Å². The summed E-state index contributed by atoms with van der Waals surface area (Å²) in [7, 11) is 3.30. The molecule has 5 heteroatoms. The maximum Gasteiger partial charge on any atom is 0.253 e. The van der Waals surface area contributed by atoms with Gasteiger partial charge in [0, 0.05) is 35.7 Å². The van der Waals surface area contributed by atoms with E-state index in [1.807, 2.05) is 35.2 Å². The van der Waals surface area contributed by atoms with Gasteiger partial charge in [0.1, 0.15) is 17.1 Å². The van der Waals surface area contributed by atoms with Crippen molar-refractivity contribution in [2.75, 3.05) is 27.3 Å². The predicted molar refractivity (Wildman–Crippen MR) is 112 cm³/mol. The SMILES string of the molecule is COc1ccc(OC)c(C2CCN(C(=O)c3cccc(C#CC(C)(C)O)c3)C2)c1. The van der Waals surface area contributed by atoms with Crippen LogP contribution in [0.4, 0.5) is 0 Å². The molecule has 1 heterocycles. The Kier molecular flexibility index (Phi) is 6.14. The number of likely N-dealkylation sites (tertiary alicyclic amines) is 1. The summed E-state index contributed by atoms with van der Waals surface area (Å²) in [4.78, 5) is 14.9. The molecule has 1 aliphatic rings. The Morgan fingerprint density at radius 1 is 1.17 bits per heavy atom. The van der Waals surface area contributed by atoms with E-state index >= 15 is 0 Å². The second-order valence-electron chi connectivity index (χ2n) is 7.73. The molecule has 0 radical (unpaired) electrons. The van der Waals surface area contributed by atoms with Gasteiger partial charge in [-0.05, 0) is 56.7 Å². The predicted octanol–water partition coefficient (Wildman–Crippen LogP) is 3.46. The smallest absolute Gasteiger partial charge is 0.253 e. The molecule has 1 saturated heterocycles. The van der Waals surface area contributed by atoms with Gasteiger partial charge in [0.2, 0.25) is 0 Å². The molecule has 1 fully saturated rings. The Morgan fingerprint density at radius 2 is 1.97 bits per heavy atom. The topological polar surface area (TPSA) is 59.0 Å². The monoisotopic (exact) mass is 393 g/mol. The minimum atomic E-state index is -1.07. The number of hydrogen-bond acceptors (Lipinski definition) is 4. The molecule has 1 aliphatic heterocycles. The number of methoxy groups -OCH3 is 2. The van der Waals surface area contributed by atoms with Gasteiger partial charge in [-0.15, -0.1) is 0 Å². The molecule has 29 heavy (non-hydrogen) atoms. The number of rotatable bonds is 4. The molecule has 1 unspecified atom stereocenters. The molecule has 1 N–H and O–H groups in total. The van der Waals surface area contributed by atoms with E-state index in [-0.39, 0.29) is 11.8 Å². The lowest BCUT2D eigenvalue weighted by Gasteiger charge is -2.18. The van der Waals surface area contributed by atoms with Gasteiger partial charge >= 0.3 is 0 Å². The molecular formula is C24H27NO4. The summed E-state index contributed by atoms with van der Waals surface area (Å²) in [5, 5.41) is 9.78. The molecule has 0 spiro atoms. The van der Waals surface area contributed by atoms with Crippen LogP contribution in [0.15, 0.2) is 42.5 Å². The van der Waals surface area contributed by atoms with Crippen LogP contribution in [-0.4, -0.2) is 48.8 Å². The maximum atomic E-state index is 13.0. The summed E-state index contributed by atoms with van der Waals surface area (Å²) < 4.78 is 10.9. The number of aliphatic hydroxyl groups is 1. The van der Waals surface area contributed by atoms with E-state index in [4.69, 9.17) is 9.47 Å². The van der Waals surface area contributed by atoms with Crippen LogP contribution in [0.1, 0.15) is 47.7 Å². The van der Waals surface area contributed by atoms with Gasteiger partial charge in [-0.3, -0.25) is 4.79 Å². The van der Waals surface area contributed by atoms with Crippen LogP contribution >= 0.6 is 0 Å². The van der Waals surface area contributed by atoms with Crippen molar-refractivity contribution in [2.45, 2.75) is 31.8 Å². The zero-order valence-electron chi connectivity index (χ0n) is 17.4. The highest BCUT2D eigenvalue weighted by Gasteiger charge is 2.30. The Labute approximate surface area is 172 Å². The van der Waals surface area contributed by atoms with Crippen LogP contribution in [0, 0.1) is 11.8 Å². The number of carbonyl (C=O) groups excluding carboxylic acids is 1. The molecule has 5 nitrogen and oxygen atoms in total. The first-order chi connectivity index (χ1) is 13.8. The normalized spacial score (nSPS) is 16.2. The number of carbonyl (C=O) groups is 1. The second kappa shape index (κ2) is 8.59. The third-order valence-electron chi connectivity index (χ3n) is 4.97. The van der Waals surface area contributed by atoms with E-state index in [0.717, 1.165) is 23.5 Å². The Bertz CT molecular complexity index is 949. The number of benzene rings is 2. The van der Waals surface area contributed by atoms with Crippen molar-refractivity contribution in [1.82, 2.24) is 4.90 Å². The third kappa shape index (κ3) is 5.10. The molecule has 2 aromatic rings. The lowest BCUT2D eigenvalue weighted by atomic mass is 9.97. The van der Waals surface area contributed by atoms with E-state index < -0.39 is 5.60 Å². The minimum Gasteiger partial charge on any atom is -0.497 e. The molecule has 0 bridgehead atoms. The summed E-state index contributed by atoms with van der Waals surface area (Å²) in [5.41, 5.74) is 1.30. The van der Waals surface area contributed by atoms with Crippen molar-refractivity contribution in [3.05, 3.63) is 59.2 Å². The molecule has 0 aliphatic carbocycles. The lowest BCUT2D eigenvalue weighted by molar-refractivity contribution is 0.0790. The van der Waals surface area contributed by atoms with E-state index in [1.165, 1.54) is 0 Å². The van der Waals surface area contributed by atoms with Gasteiger partial charge < -0.3 is 19.5 Å². The Morgan fingerprint density at radius 3 is 2.66 bits per heavy atom. The van der Waals surface area contributed by atoms with Crippen molar-refractivity contribution < 1.29 is 19.4 Å². The summed E-state index contributed by atoms with van der Waals surface area (Å²) in [6.45, 7) is 4.57. The number of nitrogens with zero attached hydrogens (tertiary/aromatic N) is 1. The van der Waals surface area contributed by atoms with E-state index in [9.17, 15) is 9.90 Å². The van der Waals surface area contributed by atoms with Crippen LogP contribution in [-0.2, 0) is 0 Å². The quantitative estimate of drug-likeness (QED) is 0.809. The van der Waals surface area contributed by atoms with Gasteiger partial charge in [0.25, 0.3) is 5.91 Å². The highest BCUT2D eigenvalue weighted by molar-refractivity contribution is 5.94. The Balaban J connectivity index is 1.77. The maximum absolute atomic E-state index is 13.0. The van der Waals surface area contributed by atoms with Crippen LogP contribution in [0.3, 0.4) is 0 Å². The minimum absolute atomic E-state index is 0.0127. The van der Waals surface area contributed by atoms with E-state index in [2.05, 4.69) is 11.8 Å². The van der Waals surface area contributed by atoms with Crippen LogP contribution < -0.4 is 9.47 Å². The van der Waals surface area contributed by atoms with Crippen LogP contribution in [0.2, 0.25) is 0 Å². The average Bonchev–Trinajstić information content (AvgIpc) is 3.21. The first-order valence-electron chi connectivity index (χ1n) is 9.67. The molecule has 1 atom stereocenters. The molecule has 1 amide bonds. The van der Waals surface area contributed by atoms with Crippen molar-refractivity contribution >= 4 is 5.91 Å². The fourth-order valence-corrected chi connectivity index (χ4v) is 3.49. The van der Waals surface area contributed by atoms with Crippen LogP contribution in [0.5, 0.6) is 11.5 Å². The fraction of sp³-hybridized carbons (Fsp3) is 0.375. The summed E-state index contributed by atoms with van der Waals surface area (Å²) >= 11 is 0. The largest absolute Gasteiger partial charge is 0.497 e. The zero-order chi connectivity index (χ0) is 21.0. The van der Waals surface area contributed by atoms with Gasteiger partial charge in [-0.1, -0.05) is 17.9 Å². The molecule has 3 rings (SSSR count). The molecular weight excluding hydrogens is 366 g/mol. The number of hydrogen-bond donors (Lipinski definition) is 1. The number of ether oxygens (including phenoxy) is 2. The molecule has 2 aromatic carbocycles. The van der Waals surface area contributed by atoms with Gasteiger partial charge in [-0.25, -0.2) is 0 Å². The molecule has 152 valence electrons. The molecule has 0 aromatic heterocycles. The van der Waals surface area contributed by atoms with E-state index in [0.29, 0.717) is 24.2 Å². The van der Waals surface area contributed by atoms with E-state index in [1.54, 1.807) is 40.2 Å². The second-order valence-corrected chi connectivity index (χ2v) is 7.73. The highest BCUT2D eigenvalue weighted by Crippen LogP contribution is 2.36. The van der Waals surface area contributed by atoms with Crippen LogP contribution in [0.25, 0.3) is 0 Å². The highest BCUT2D eigenvalue weighted by atomic mass is 16.5. The fourth-order valence-electron chi connectivity index (χ4n) is 3.49.